The van der Waals surface area contributed by atoms with E-state index in [4.69, 9.17) is 15.0 Å². The number of aromatic nitrogens is 4. The number of anilines is 1. The first-order chi connectivity index (χ1) is 9.70. The highest BCUT2D eigenvalue weighted by Gasteiger charge is 2.36. The molecule has 3 rings (SSSR count). The third-order valence-electron chi connectivity index (χ3n) is 3.14. The quantitative estimate of drug-likeness (QED) is 0.771. The van der Waals surface area contributed by atoms with Crippen LogP contribution in [0.1, 0.15) is 12.6 Å². The molecule has 3 N–H and O–H groups in total. The van der Waals surface area contributed by atoms with Gasteiger partial charge in [-0.2, -0.15) is 0 Å². The molecule has 9 nitrogen and oxygen atoms in total. The summed E-state index contributed by atoms with van der Waals surface area (Å²) in [6.45, 7) is 0.141. The molecule has 1 fully saturated rings. The first-order valence-corrected chi connectivity index (χ1v) is 6.65. The van der Waals surface area contributed by atoms with Gasteiger partial charge in [0.15, 0.2) is 17.7 Å². The summed E-state index contributed by atoms with van der Waals surface area (Å²) < 4.78 is 22.3. The number of fused-ring (bicyclic) bond motifs is 1. The molecule has 10 heteroatoms. The van der Waals surface area contributed by atoms with E-state index in [1.54, 1.807) is 4.57 Å². The zero-order chi connectivity index (χ0) is 14.1. The van der Waals surface area contributed by atoms with Crippen molar-refractivity contribution in [2.75, 3.05) is 12.3 Å². The second kappa shape index (κ2) is 5.37. The molecule has 0 bridgehead atoms. The van der Waals surface area contributed by atoms with Gasteiger partial charge >= 0.3 is 8.69 Å². The van der Waals surface area contributed by atoms with Crippen molar-refractivity contribution < 1.29 is 18.9 Å². The monoisotopic (exact) mass is 297 g/mol. The molecule has 2 aromatic rings. The minimum atomic E-state index is -0.736. The van der Waals surface area contributed by atoms with E-state index >= 15 is 0 Å². The predicted molar refractivity (Wildman–Crippen MR) is 67.8 cm³/mol. The van der Waals surface area contributed by atoms with Crippen molar-refractivity contribution in [2.45, 2.75) is 24.9 Å². The number of nitrogens with two attached hydrogens (primary N) is 1. The summed E-state index contributed by atoms with van der Waals surface area (Å²) in [5, 5.41) is 10.1. The van der Waals surface area contributed by atoms with Crippen molar-refractivity contribution in [3.63, 3.8) is 0 Å². The Balaban J connectivity index is 1.88. The fourth-order valence-electron chi connectivity index (χ4n) is 2.26. The van der Waals surface area contributed by atoms with Gasteiger partial charge in [0.25, 0.3) is 0 Å². The summed E-state index contributed by atoms with van der Waals surface area (Å²) in [5.41, 5.74) is 6.66. The molecule has 0 aromatic carbocycles. The Hall–Kier alpha value is -1.67. The molecule has 3 atom stereocenters. The predicted octanol–water partition coefficient (Wildman–Crippen LogP) is 0.280. The smallest absolute Gasteiger partial charge is 0.327 e. The van der Waals surface area contributed by atoms with E-state index in [9.17, 15) is 9.67 Å². The van der Waals surface area contributed by atoms with Crippen molar-refractivity contribution in [1.82, 2.24) is 19.5 Å². The van der Waals surface area contributed by atoms with Crippen LogP contribution in [0.15, 0.2) is 12.7 Å². The standard InChI is InChI=1S/C10H12N5O4P/c11-8-7-9(13-3-12-8)15(4-14-7)10-6(16)1-5(19-10)2-18-20-17/h3-6,10,16H,1-2H2,(H2,11,12,13)/t5?,6-,10?/m1/s1. The number of aliphatic hydroxyl groups excluding tert-OH is 1. The number of hydrogen-bond acceptors (Lipinski definition) is 8. The lowest BCUT2D eigenvalue weighted by molar-refractivity contribution is -0.0447. The lowest BCUT2D eigenvalue weighted by Gasteiger charge is -2.16. The third-order valence-corrected chi connectivity index (χ3v) is 3.39. The number of nitrogen functional groups attached to an aromatic ring is 1. The Kier molecular flexibility index (Phi) is 3.58. The van der Waals surface area contributed by atoms with Crippen LogP contribution in [0.5, 0.6) is 0 Å². The second-order valence-electron chi connectivity index (χ2n) is 4.40. The van der Waals surface area contributed by atoms with Crippen LogP contribution in [0.3, 0.4) is 0 Å². The van der Waals surface area contributed by atoms with E-state index in [1.807, 2.05) is 0 Å². The van der Waals surface area contributed by atoms with E-state index < -0.39 is 21.0 Å². The van der Waals surface area contributed by atoms with Gasteiger partial charge < -0.3 is 15.6 Å². The molecule has 2 unspecified atom stereocenters. The zero-order valence-electron chi connectivity index (χ0n) is 10.3. The SMILES string of the molecule is Nc1ncnc2c1ncn2C1OC(COP=O)C[C@H]1O. The van der Waals surface area contributed by atoms with Gasteiger partial charge in [-0.25, -0.2) is 19.5 Å². The Morgan fingerprint density at radius 1 is 1.55 bits per heavy atom. The van der Waals surface area contributed by atoms with Gasteiger partial charge in [-0.15, -0.1) is 0 Å². The molecule has 0 aliphatic carbocycles. The molecule has 0 saturated carbocycles. The van der Waals surface area contributed by atoms with Gasteiger partial charge in [0, 0.05) is 6.42 Å². The van der Waals surface area contributed by atoms with Crippen molar-refractivity contribution in [2.24, 2.45) is 0 Å². The van der Waals surface area contributed by atoms with Gasteiger partial charge in [0.05, 0.1) is 19.0 Å². The van der Waals surface area contributed by atoms with E-state index in [0.29, 0.717) is 17.6 Å². The topological polar surface area (TPSA) is 125 Å². The number of aliphatic hydroxyl groups is 1. The first kappa shape index (κ1) is 13.3. The van der Waals surface area contributed by atoms with Crippen molar-refractivity contribution in [3.8, 4) is 0 Å². The summed E-state index contributed by atoms with van der Waals surface area (Å²) in [4.78, 5) is 12.1. The summed E-state index contributed by atoms with van der Waals surface area (Å²) in [5.74, 6) is 0.270. The highest BCUT2D eigenvalue weighted by atomic mass is 31.1. The van der Waals surface area contributed by atoms with Crippen LogP contribution < -0.4 is 5.73 Å². The summed E-state index contributed by atoms with van der Waals surface area (Å²) >= 11 is 0. The molecule has 20 heavy (non-hydrogen) atoms. The van der Waals surface area contributed by atoms with Crippen LogP contribution in [-0.2, 0) is 13.8 Å². The fraction of sp³-hybridized carbons (Fsp3) is 0.500. The van der Waals surface area contributed by atoms with Gasteiger partial charge in [-0.1, -0.05) is 0 Å². The lowest BCUT2D eigenvalue weighted by Crippen LogP contribution is -2.19. The molecule has 1 aliphatic rings. The van der Waals surface area contributed by atoms with Gasteiger partial charge in [0.1, 0.15) is 17.9 Å². The minimum absolute atomic E-state index is 0.141. The molecule has 1 saturated heterocycles. The maximum absolute atomic E-state index is 10.3. The van der Waals surface area contributed by atoms with Crippen LogP contribution >= 0.6 is 8.69 Å². The van der Waals surface area contributed by atoms with Crippen molar-refractivity contribution in [3.05, 3.63) is 12.7 Å². The Morgan fingerprint density at radius 2 is 2.40 bits per heavy atom. The zero-order valence-corrected chi connectivity index (χ0v) is 11.2. The number of nitrogens with zero attached hydrogens (tertiary/aromatic N) is 4. The van der Waals surface area contributed by atoms with Crippen LogP contribution in [-0.4, -0.2) is 43.4 Å². The molecular formula is C10H12N5O4P. The molecule has 3 heterocycles. The average molecular weight is 297 g/mol. The Bertz CT molecular complexity index is 635. The highest BCUT2D eigenvalue weighted by Crippen LogP contribution is 2.31. The van der Waals surface area contributed by atoms with Crippen LogP contribution in [0.2, 0.25) is 0 Å². The molecular weight excluding hydrogens is 285 g/mol. The van der Waals surface area contributed by atoms with E-state index in [2.05, 4.69) is 15.0 Å². The number of imidazole rings is 1. The Morgan fingerprint density at radius 3 is 3.20 bits per heavy atom. The normalized spacial score (nSPS) is 26.6. The summed E-state index contributed by atoms with van der Waals surface area (Å²) in [6, 6.07) is 0. The Labute approximate surface area is 115 Å². The first-order valence-electron chi connectivity index (χ1n) is 5.92. The van der Waals surface area contributed by atoms with E-state index in [0.717, 1.165) is 0 Å². The lowest BCUT2D eigenvalue weighted by atomic mass is 10.2. The number of rotatable bonds is 4. The maximum atomic E-state index is 10.3. The molecule has 2 aromatic heterocycles. The molecule has 106 valence electrons. The molecule has 0 radical (unpaired) electrons. The summed E-state index contributed by atoms with van der Waals surface area (Å²) in [6.07, 6.45) is 1.49. The minimum Gasteiger partial charge on any atom is -0.388 e. The number of ether oxygens (including phenoxy) is 1. The van der Waals surface area contributed by atoms with Crippen molar-refractivity contribution >= 4 is 25.7 Å². The van der Waals surface area contributed by atoms with Crippen molar-refractivity contribution in [1.29, 1.82) is 0 Å². The average Bonchev–Trinajstić information content (AvgIpc) is 3.01. The van der Waals surface area contributed by atoms with Gasteiger partial charge in [-0.05, 0) is 0 Å². The van der Waals surface area contributed by atoms with Gasteiger partial charge in [-0.3, -0.25) is 9.09 Å². The second-order valence-corrected chi connectivity index (χ2v) is 4.81. The summed E-state index contributed by atoms with van der Waals surface area (Å²) in [7, 11) is -0.409. The van der Waals surface area contributed by atoms with Crippen LogP contribution in [0.4, 0.5) is 5.82 Å². The largest absolute Gasteiger partial charge is 0.388 e. The third kappa shape index (κ3) is 2.25. The number of hydrogen-bond donors (Lipinski definition) is 2. The van der Waals surface area contributed by atoms with Crippen LogP contribution in [0.25, 0.3) is 11.2 Å². The fourth-order valence-corrected chi connectivity index (χ4v) is 2.48. The maximum Gasteiger partial charge on any atom is 0.327 e. The van der Waals surface area contributed by atoms with Crippen LogP contribution in [0, 0.1) is 0 Å². The van der Waals surface area contributed by atoms with E-state index in [-0.39, 0.29) is 18.5 Å². The molecule has 0 spiro atoms. The van der Waals surface area contributed by atoms with E-state index in [1.165, 1.54) is 12.7 Å². The molecule has 0 amide bonds. The molecule has 1 aliphatic heterocycles. The highest BCUT2D eigenvalue weighted by molar-refractivity contribution is 7.17. The van der Waals surface area contributed by atoms with Gasteiger partial charge in [0.2, 0.25) is 0 Å².